The molecule has 0 amide bonds. The van der Waals surface area contributed by atoms with Gasteiger partial charge in [0.1, 0.15) is 0 Å². The van der Waals surface area contributed by atoms with Crippen LogP contribution in [0.3, 0.4) is 0 Å². The van der Waals surface area contributed by atoms with Crippen LogP contribution in [0.4, 0.5) is 8.78 Å². The Kier molecular flexibility index (Phi) is 10.7. The van der Waals surface area contributed by atoms with Gasteiger partial charge in [-0.1, -0.05) is 0 Å². The predicted molar refractivity (Wildman–Crippen MR) is 69.3 cm³/mol. The topological polar surface area (TPSA) is 0 Å². The van der Waals surface area contributed by atoms with Gasteiger partial charge in [0.2, 0.25) is 0 Å². The molecule has 19 heavy (non-hydrogen) atoms. The summed E-state index contributed by atoms with van der Waals surface area (Å²) in [5.41, 5.74) is 0. The van der Waals surface area contributed by atoms with E-state index in [1.54, 1.807) is 0 Å². The molecule has 0 bridgehead atoms. The predicted octanol–water partition coefficient (Wildman–Crippen LogP) is 4.57. The smallest absolute Gasteiger partial charge is 0.281 e. The van der Waals surface area contributed by atoms with Crippen LogP contribution in [0.5, 0.6) is 0 Å². The molecule has 0 fully saturated rings. The normalized spacial score (nSPS) is 8.11. The first-order valence-electron chi connectivity index (χ1n) is 5.46. The molecule has 0 aliphatic heterocycles. The van der Waals surface area contributed by atoms with Crippen molar-refractivity contribution in [3.8, 4) is 0 Å². The van der Waals surface area contributed by atoms with Gasteiger partial charge in [0, 0.05) is 11.6 Å². The molecule has 0 aliphatic carbocycles. The molecule has 0 N–H and O–H groups in total. The van der Waals surface area contributed by atoms with E-state index in [9.17, 15) is 8.78 Å². The summed E-state index contributed by atoms with van der Waals surface area (Å²) < 4.78 is 23.8. The molecule has 3 aromatic rings. The third-order valence-electron chi connectivity index (χ3n) is 1.87. The van der Waals surface area contributed by atoms with E-state index in [0.717, 1.165) is 6.07 Å². The van der Waals surface area contributed by atoms with Gasteiger partial charge in [-0.15, -0.1) is 12.1 Å². The molecule has 3 heteroatoms. The minimum atomic E-state index is -0.924. The number of hydrogen-bond donors (Lipinski definition) is 0. The van der Waals surface area contributed by atoms with E-state index < -0.39 is 11.6 Å². The minimum absolute atomic E-state index is 0. The fourth-order valence-electron chi connectivity index (χ4n) is 1.04. The second kappa shape index (κ2) is 11.6. The van der Waals surface area contributed by atoms with E-state index in [0.29, 0.717) is 0 Å². The van der Waals surface area contributed by atoms with Gasteiger partial charge in [0.15, 0.2) is 0 Å². The summed E-state index contributed by atoms with van der Waals surface area (Å²) in [6, 6.07) is 25.8. The van der Waals surface area contributed by atoms with Gasteiger partial charge in [0.25, 0.3) is 0 Å². The van der Waals surface area contributed by atoms with Gasteiger partial charge in [-0.25, -0.2) is 28.7 Å². The molecule has 3 rings (SSSR count). The van der Waals surface area contributed by atoms with Crippen LogP contribution in [0.1, 0.15) is 0 Å². The van der Waals surface area contributed by atoms with Crippen molar-refractivity contribution in [2.45, 2.75) is 0 Å². The zero-order valence-corrected chi connectivity index (χ0v) is 11.8. The van der Waals surface area contributed by atoms with Crippen LogP contribution in [0.15, 0.2) is 78.9 Å². The zero-order chi connectivity index (χ0) is 13.1. The molecule has 3 aromatic carbocycles. The van der Waals surface area contributed by atoms with Crippen molar-refractivity contribution < 1.29 is 30.5 Å². The molecular weight excluding hydrogens is 278 g/mol. The van der Waals surface area contributed by atoms with Crippen LogP contribution in [0.25, 0.3) is 0 Å². The van der Waals surface area contributed by atoms with Gasteiger partial charge in [0.05, 0.1) is 0 Å². The Morgan fingerprint density at radius 3 is 1.47 bits per heavy atom. The molecule has 0 heterocycles. The molecule has 0 aromatic heterocycles. The van der Waals surface area contributed by atoms with Crippen molar-refractivity contribution in [1.82, 2.24) is 0 Å². The fourth-order valence-corrected chi connectivity index (χ4v) is 1.04. The van der Waals surface area contributed by atoms with Gasteiger partial charge in [-0.3, -0.25) is 4.39 Å². The number of halogens is 2. The standard InChI is InChI=1S/C6H3F2.2C5H5.Ti/c7-5-3-1-2-4-6(5)8;2*1-2-4-5-3-1;/h1-3H;2*1-5H;/q3*-1;+3. The van der Waals surface area contributed by atoms with Crippen molar-refractivity contribution in [3.63, 3.8) is 0 Å². The van der Waals surface area contributed by atoms with E-state index in [1.165, 1.54) is 12.1 Å². The van der Waals surface area contributed by atoms with Gasteiger partial charge < -0.3 is 0 Å². The maximum atomic E-state index is 11.9. The Hall–Kier alpha value is -1.51. The molecule has 0 saturated heterocycles. The van der Waals surface area contributed by atoms with E-state index in [2.05, 4.69) is 6.07 Å². The van der Waals surface area contributed by atoms with Crippen LogP contribution < -0.4 is 0 Å². The van der Waals surface area contributed by atoms with Crippen LogP contribution in [0.2, 0.25) is 0 Å². The Morgan fingerprint density at radius 1 is 0.789 bits per heavy atom. The second-order valence-electron chi connectivity index (χ2n) is 3.26. The van der Waals surface area contributed by atoms with Crippen molar-refractivity contribution >= 4 is 0 Å². The monoisotopic (exact) mass is 291 g/mol. The number of rotatable bonds is 0. The average Bonchev–Trinajstić information content (AvgIpc) is 3.11. The molecule has 1 radical (unpaired) electrons. The van der Waals surface area contributed by atoms with Gasteiger partial charge in [-0.2, -0.15) is 48.5 Å². The Morgan fingerprint density at radius 2 is 1.26 bits per heavy atom. The third kappa shape index (κ3) is 9.12. The van der Waals surface area contributed by atoms with E-state index in [4.69, 9.17) is 0 Å². The van der Waals surface area contributed by atoms with Crippen molar-refractivity contribution in [2.24, 2.45) is 0 Å². The maximum Gasteiger partial charge on any atom is 3.00 e. The first kappa shape index (κ1) is 17.5. The fraction of sp³-hybridized carbons (Fsp3) is 0. The van der Waals surface area contributed by atoms with E-state index >= 15 is 0 Å². The molecule has 0 aliphatic rings. The second-order valence-corrected chi connectivity index (χ2v) is 3.26. The molecule has 95 valence electrons. The van der Waals surface area contributed by atoms with Gasteiger partial charge >= 0.3 is 21.7 Å². The van der Waals surface area contributed by atoms with Crippen molar-refractivity contribution in [3.05, 3.63) is 96.6 Å². The molecule has 0 nitrogen and oxygen atoms in total. The number of benzene rings is 1. The minimum Gasteiger partial charge on any atom is -0.281 e. The SMILES string of the molecule is Fc1[c-]cccc1F.[Ti+3].c1cc[cH-]c1.c1cc[cH-]c1. The summed E-state index contributed by atoms with van der Waals surface area (Å²) in [5.74, 6) is -1.78. The van der Waals surface area contributed by atoms with Crippen molar-refractivity contribution in [2.75, 3.05) is 0 Å². The summed E-state index contributed by atoms with van der Waals surface area (Å²) in [4.78, 5) is 0. The summed E-state index contributed by atoms with van der Waals surface area (Å²) in [6.07, 6.45) is 0. The molecule has 0 atom stereocenters. The third-order valence-corrected chi connectivity index (χ3v) is 1.87. The van der Waals surface area contributed by atoms with Crippen LogP contribution in [-0.4, -0.2) is 0 Å². The Bertz CT molecular complexity index is 406. The van der Waals surface area contributed by atoms with Gasteiger partial charge in [-0.05, 0) is 0 Å². The summed E-state index contributed by atoms with van der Waals surface area (Å²) in [7, 11) is 0. The van der Waals surface area contributed by atoms with Crippen molar-refractivity contribution in [1.29, 1.82) is 0 Å². The Balaban J connectivity index is 0.000000259. The van der Waals surface area contributed by atoms with E-state index in [1.807, 2.05) is 60.7 Å². The molecular formula is C16H13F2Ti. The first-order chi connectivity index (χ1) is 8.80. The molecule has 0 spiro atoms. The van der Waals surface area contributed by atoms with Crippen LogP contribution >= 0.6 is 0 Å². The van der Waals surface area contributed by atoms with Crippen LogP contribution in [0, 0.1) is 17.7 Å². The largest absolute Gasteiger partial charge is 3.00 e. The quantitative estimate of drug-likeness (QED) is 0.420. The molecule has 0 saturated carbocycles. The summed E-state index contributed by atoms with van der Waals surface area (Å²) in [6.45, 7) is 0. The summed E-state index contributed by atoms with van der Waals surface area (Å²) in [5, 5.41) is 0. The zero-order valence-electron chi connectivity index (χ0n) is 10.3. The summed E-state index contributed by atoms with van der Waals surface area (Å²) >= 11 is 0. The van der Waals surface area contributed by atoms with E-state index in [-0.39, 0.29) is 21.7 Å². The molecule has 0 unspecified atom stereocenters. The first-order valence-corrected chi connectivity index (χ1v) is 5.46. The Labute approximate surface area is 127 Å². The van der Waals surface area contributed by atoms with Crippen LogP contribution in [-0.2, 0) is 21.7 Å². The average molecular weight is 291 g/mol. The number of hydrogen-bond acceptors (Lipinski definition) is 0. The maximum absolute atomic E-state index is 11.9.